The molecule has 0 aliphatic carbocycles. The Morgan fingerprint density at radius 3 is 3.00 bits per heavy atom. The van der Waals surface area contributed by atoms with Crippen molar-refractivity contribution in [3.05, 3.63) is 0 Å². The number of hydrogen-bond acceptors (Lipinski definition) is 4. The molecule has 1 rings (SSSR count). The van der Waals surface area contributed by atoms with E-state index in [2.05, 4.69) is 4.99 Å². The van der Waals surface area contributed by atoms with E-state index in [1.807, 2.05) is 6.92 Å². The van der Waals surface area contributed by atoms with Crippen LogP contribution < -0.4 is 0 Å². The first kappa shape index (κ1) is 10.5. The Balaban J connectivity index is 2.55. The maximum atomic E-state index is 11.5. The van der Waals surface area contributed by atoms with Crippen LogP contribution >= 0.6 is 11.8 Å². The van der Waals surface area contributed by atoms with Crippen molar-refractivity contribution in [2.24, 2.45) is 4.99 Å². The van der Waals surface area contributed by atoms with Gasteiger partial charge in [0.2, 0.25) is 0 Å². The summed E-state index contributed by atoms with van der Waals surface area (Å²) in [5, 5.41) is 2.29. The van der Waals surface area contributed by atoms with Crippen LogP contribution in [0.4, 0.5) is 0 Å². The summed E-state index contributed by atoms with van der Waals surface area (Å²) in [5.41, 5.74) is 0. The zero-order chi connectivity index (χ0) is 9.84. The fourth-order valence-corrected chi connectivity index (χ4v) is 2.02. The van der Waals surface area contributed by atoms with E-state index in [4.69, 9.17) is 4.84 Å². The molecule has 0 saturated heterocycles. The van der Waals surface area contributed by atoms with Crippen molar-refractivity contribution in [1.29, 1.82) is 0 Å². The molecule has 1 aliphatic heterocycles. The van der Waals surface area contributed by atoms with Gasteiger partial charge in [-0.3, -0.25) is 14.6 Å². The zero-order valence-corrected chi connectivity index (χ0v) is 8.93. The highest BCUT2D eigenvalue weighted by Crippen LogP contribution is 2.21. The number of amides is 1. The third-order valence-corrected chi connectivity index (χ3v) is 3.09. The average molecular weight is 202 g/mol. The molecule has 13 heavy (non-hydrogen) atoms. The number of thioether (sulfide) groups is 1. The molecular formula is C8H14N2O2S. The first-order valence-corrected chi connectivity index (χ1v) is 5.18. The summed E-state index contributed by atoms with van der Waals surface area (Å²) < 4.78 is 0. The second-order valence-corrected chi connectivity index (χ2v) is 3.81. The van der Waals surface area contributed by atoms with Crippen molar-refractivity contribution < 1.29 is 9.63 Å². The molecular weight excluding hydrogens is 188 g/mol. The Labute approximate surface area is 82.3 Å². The predicted octanol–water partition coefficient (Wildman–Crippen LogP) is 0.930. The number of carbonyl (C=O) groups is 1. The van der Waals surface area contributed by atoms with Gasteiger partial charge in [-0.15, -0.1) is 11.8 Å². The SMILES string of the molecule is CCC1=NC(C(=O)N(C)OC)CS1. The first-order valence-electron chi connectivity index (χ1n) is 4.20. The van der Waals surface area contributed by atoms with Crippen LogP contribution in [0.15, 0.2) is 4.99 Å². The number of rotatable bonds is 3. The fourth-order valence-electron chi connectivity index (χ4n) is 1.04. The monoisotopic (exact) mass is 202 g/mol. The van der Waals surface area contributed by atoms with Crippen molar-refractivity contribution in [3.8, 4) is 0 Å². The Hall–Kier alpha value is -0.550. The van der Waals surface area contributed by atoms with Crippen LogP contribution in [0.1, 0.15) is 13.3 Å². The Morgan fingerprint density at radius 1 is 1.85 bits per heavy atom. The number of carbonyl (C=O) groups excluding carboxylic acids is 1. The molecule has 0 bridgehead atoms. The van der Waals surface area contributed by atoms with Crippen molar-refractivity contribution >= 4 is 22.7 Å². The molecule has 0 aromatic rings. The van der Waals surface area contributed by atoms with E-state index < -0.39 is 0 Å². The number of hydroxylamine groups is 2. The van der Waals surface area contributed by atoms with Crippen LogP contribution in [0.2, 0.25) is 0 Å². The van der Waals surface area contributed by atoms with Gasteiger partial charge < -0.3 is 0 Å². The summed E-state index contributed by atoms with van der Waals surface area (Å²) in [6.07, 6.45) is 0.908. The highest BCUT2D eigenvalue weighted by atomic mass is 32.2. The molecule has 0 saturated carbocycles. The lowest BCUT2D eigenvalue weighted by Gasteiger charge is -2.15. The molecule has 1 unspecified atom stereocenters. The summed E-state index contributed by atoms with van der Waals surface area (Å²) >= 11 is 1.65. The maximum Gasteiger partial charge on any atom is 0.271 e. The lowest BCUT2D eigenvalue weighted by Crippen LogP contribution is -2.34. The zero-order valence-electron chi connectivity index (χ0n) is 8.11. The summed E-state index contributed by atoms with van der Waals surface area (Å²) in [5.74, 6) is 0.675. The quantitative estimate of drug-likeness (QED) is 0.639. The van der Waals surface area contributed by atoms with Gasteiger partial charge in [-0.2, -0.15) is 0 Å². The minimum atomic E-state index is -0.245. The van der Waals surface area contributed by atoms with Gasteiger partial charge in [0.25, 0.3) is 5.91 Å². The van der Waals surface area contributed by atoms with Crippen molar-refractivity contribution in [3.63, 3.8) is 0 Å². The molecule has 1 heterocycles. The lowest BCUT2D eigenvalue weighted by molar-refractivity contribution is -0.169. The Kier molecular flexibility index (Phi) is 3.74. The molecule has 4 nitrogen and oxygen atoms in total. The summed E-state index contributed by atoms with van der Waals surface area (Å²) in [4.78, 5) is 20.6. The molecule has 0 aromatic carbocycles. The summed E-state index contributed by atoms with van der Waals surface area (Å²) in [7, 11) is 3.08. The molecule has 1 atom stereocenters. The van der Waals surface area contributed by atoms with Crippen molar-refractivity contribution in [1.82, 2.24) is 5.06 Å². The van der Waals surface area contributed by atoms with Crippen LogP contribution in [0.3, 0.4) is 0 Å². The third-order valence-electron chi connectivity index (χ3n) is 1.88. The van der Waals surface area contributed by atoms with E-state index in [1.54, 1.807) is 18.8 Å². The molecule has 0 N–H and O–H groups in total. The fraction of sp³-hybridized carbons (Fsp3) is 0.750. The number of aliphatic imine (C=N–C) groups is 1. The van der Waals surface area contributed by atoms with Crippen LogP contribution in [0, 0.1) is 0 Å². The van der Waals surface area contributed by atoms with E-state index >= 15 is 0 Å². The first-order chi connectivity index (χ1) is 6.19. The van der Waals surface area contributed by atoms with Gasteiger partial charge in [0, 0.05) is 12.8 Å². The topological polar surface area (TPSA) is 41.9 Å². The van der Waals surface area contributed by atoms with Gasteiger partial charge in [-0.25, -0.2) is 5.06 Å². The Morgan fingerprint density at radius 2 is 2.54 bits per heavy atom. The smallest absolute Gasteiger partial charge is 0.271 e. The molecule has 0 fully saturated rings. The average Bonchev–Trinajstić information content (AvgIpc) is 2.63. The number of nitrogens with zero attached hydrogens (tertiary/aromatic N) is 2. The minimum absolute atomic E-state index is 0.0709. The van der Waals surface area contributed by atoms with Crippen molar-refractivity contribution in [2.75, 3.05) is 19.9 Å². The second kappa shape index (κ2) is 4.62. The standard InChI is InChI=1S/C8H14N2O2S/c1-4-7-9-6(5-13-7)8(11)10(2)12-3/h6H,4-5H2,1-3H3. The lowest BCUT2D eigenvalue weighted by atomic mass is 10.3. The second-order valence-electron chi connectivity index (χ2n) is 2.72. The minimum Gasteiger partial charge on any atom is -0.274 e. The van der Waals surface area contributed by atoms with Crippen LogP contribution in [0.5, 0.6) is 0 Å². The van der Waals surface area contributed by atoms with Crippen LogP contribution in [-0.2, 0) is 9.63 Å². The Bertz CT molecular complexity index is 230. The van der Waals surface area contributed by atoms with Gasteiger partial charge >= 0.3 is 0 Å². The van der Waals surface area contributed by atoms with E-state index in [9.17, 15) is 4.79 Å². The predicted molar refractivity (Wildman–Crippen MR) is 53.8 cm³/mol. The normalized spacial score (nSPS) is 21.5. The van der Waals surface area contributed by atoms with E-state index in [-0.39, 0.29) is 11.9 Å². The molecule has 0 radical (unpaired) electrons. The van der Waals surface area contributed by atoms with Gasteiger partial charge in [-0.1, -0.05) is 6.92 Å². The molecule has 0 aromatic heterocycles. The van der Waals surface area contributed by atoms with Crippen LogP contribution in [0.25, 0.3) is 0 Å². The van der Waals surface area contributed by atoms with Crippen LogP contribution in [-0.4, -0.2) is 42.0 Å². The van der Waals surface area contributed by atoms with Gasteiger partial charge in [-0.05, 0) is 6.42 Å². The highest BCUT2D eigenvalue weighted by molar-refractivity contribution is 8.14. The van der Waals surface area contributed by atoms with Crippen molar-refractivity contribution in [2.45, 2.75) is 19.4 Å². The largest absolute Gasteiger partial charge is 0.274 e. The third kappa shape index (κ3) is 2.45. The summed E-state index contributed by atoms with van der Waals surface area (Å²) in [6, 6.07) is -0.245. The number of likely N-dealkylation sites (N-methyl/N-ethyl adjacent to an activating group) is 1. The highest BCUT2D eigenvalue weighted by Gasteiger charge is 2.26. The van der Waals surface area contributed by atoms with Gasteiger partial charge in [0.05, 0.1) is 12.2 Å². The van der Waals surface area contributed by atoms with E-state index in [0.29, 0.717) is 0 Å². The maximum absolute atomic E-state index is 11.5. The van der Waals surface area contributed by atoms with E-state index in [0.717, 1.165) is 17.2 Å². The molecule has 5 heteroatoms. The molecule has 1 amide bonds. The summed E-state index contributed by atoms with van der Waals surface area (Å²) in [6.45, 7) is 2.04. The van der Waals surface area contributed by atoms with E-state index in [1.165, 1.54) is 12.2 Å². The molecule has 74 valence electrons. The molecule has 1 aliphatic rings. The van der Waals surface area contributed by atoms with Gasteiger partial charge in [0.1, 0.15) is 6.04 Å². The van der Waals surface area contributed by atoms with Gasteiger partial charge in [0.15, 0.2) is 0 Å². The number of hydrogen-bond donors (Lipinski definition) is 0. The molecule has 0 spiro atoms.